The fourth-order valence-corrected chi connectivity index (χ4v) is 5.86. The number of nitrogens with one attached hydrogen (secondary N) is 4. The second kappa shape index (κ2) is 16.6. The fraction of sp³-hybridized carbons (Fsp3) is 0.387. The summed E-state index contributed by atoms with van der Waals surface area (Å²) in [5.74, 6) is -0.238. The number of thiophene rings is 1. The summed E-state index contributed by atoms with van der Waals surface area (Å²) in [5.41, 5.74) is 2.39. The molecule has 0 saturated carbocycles. The highest BCUT2D eigenvalue weighted by atomic mass is 32.2. The molecule has 1 unspecified atom stereocenters. The van der Waals surface area contributed by atoms with Gasteiger partial charge in [-0.25, -0.2) is 8.42 Å². The highest BCUT2D eigenvalue weighted by Gasteiger charge is 2.22. The van der Waals surface area contributed by atoms with Crippen molar-refractivity contribution in [3.63, 3.8) is 0 Å². The van der Waals surface area contributed by atoms with Crippen LogP contribution in [0, 0.1) is 0 Å². The first-order valence-corrected chi connectivity index (χ1v) is 18.3. The van der Waals surface area contributed by atoms with Crippen molar-refractivity contribution in [1.29, 1.82) is 0 Å². The lowest BCUT2D eigenvalue weighted by Gasteiger charge is -2.23. The third kappa shape index (κ3) is 10.7. The molecule has 10 nitrogen and oxygen atoms in total. The lowest BCUT2D eigenvalue weighted by Crippen LogP contribution is -2.49. The Morgan fingerprint density at radius 3 is 2.23 bits per heavy atom. The SMILES string of the molecule is CSCCNC(=O)[C@H](C)NC[C@H](Cc1ccccc1)NC(=O)c1cc(C(=O)NC(C)c2ccsc2)cc(N(C)S(C)(=O)=O)c1. The molecule has 0 fully saturated rings. The Hall–Kier alpha value is -3.39. The summed E-state index contributed by atoms with van der Waals surface area (Å²) in [6.07, 6.45) is 3.51. The lowest BCUT2D eigenvalue weighted by atomic mass is 10.0. The van der Waals surface area contributed by atoms with Crippen molar-refractivity contribution in [3.05, 3.63) is 87.6 Å². The molecule has 0 saturated heterocycles. The van der Waals surface area contributed by atoms with E-state index >= 15 is 0 Å². The topological polar surface area (TPSA) is 137 Å². The molecule has 3 rings (SSSR count). The van der Waals surface area contributed by atoms with Gasteiger partial charge in [0, 0.05) is 43.1 Å². The van der Waals surface area contributed by atoms with Crippen LogP contribution in [0.2, 0.25) is 0 Å². The Kier molecular flexibility index (Phi) is 13.3. The van der Waals surface area contributed by atoms with E-state index in [1.54, 1.807) is 18.7 Å². The summed E-state index contributed by atoms with van der Waals surface area (Å²) in [7, 11) is -2.31. The van der Waals surface area contributed by atoms with Crippen LogP contribution in [0.5, 0.6) is 0 Å². The van der Waals surface area contributed by atoms with Gasteiger partial charge < -0.3 is 21.3 Å². The van der Waals surface area contributed by atoms with Crippen molar-refractivity contribution in [2.45, 2.75) is 38.4 Å². The van der Waals surface area contributed by atoms with Crippen molar-refractivity contribution in [2.75, 3.05) is 42.7 Å². The zero-order valence-corrected chi connectivity index (χ0v) is 28.1. The number of nitrogens with zero attached hydrogens (tertiary/aromatic N) is 1. The van der Waals surface area contributed by atoms with Crippen LogP contribution in [0.15, 0.2) is 65.4 Å². The van der Waals surface area contributed by atoms with E-state index in [4.69, 9.17) is 0 Å². The summed E-state index contributed by atoms with van der Waals surface area (Å²) < 4.78 is 25.8. The second-order valence-electron chi connectivity index (χ2n) is 10.5. The van der Waals surface area contributed by atoms with Gasteiger partial charge in [-0.1, -0.05) is 30.3 Å². The zero-order chi connectivity index (χ0) is 32.3. The number of carbonyl (C=O) groups is 3. The summed E-state index contributed by atoms with van der Waals surface area (Å²) >= 11 is 3.16. The summed E-state index contributed by atoms with van der Waals surface area (Å²) in [5, 5.41) is 15.9. The highest BCUT2D eigenvalue weighted by molar-refractivity contribution is 7.98. The van der Waals surface area contributed by atoms with E-state index < -0.39 is 33.9 Å². The van der Waals surface area contributed by atoms with Crippen molar-refractivity contribution >= 4 is 56.5 Å². The molecule has 238 valence electrons. The molecule has 0 aliphatic rings. The summed E-state index contributed by atoms with van der Waals surface area (Å²) in [6.45, 7) is 4.48. The maximum atomic E-state index is 13.7. The highest BCUT2D eigenvalue weighted by Crippen LogP contribution is 2.22. The van der Waals surface area contributed by atoms with Crippen LogP contribution in [0.25, 0.3) is 0 Å². The molecule has 2 aromatic carbocycles. The molecule has 0 aliphatic carbocycles. The van der Waals surface area contributed by atoms with Crippen molar-refractivity contribution in [1.82, 2.24) is 21.3 Å². The van der Waals surface area contributed by atoms with Gasteiger partial charge in [0.15, 0.2) is 0 Å². The smallest absolute Gasteiger partial charge is 0.251 e. The first kappa shape index (κ1) is 35.1. The molecule has 4 N–H and O–H groups in total. The number of hydrogen-bond donors (Lipinski definition) is 4. The van der Waals surface area contributed by atoms with Gasteiger partial charge in [0.25, 0.3) is 11.8 Å². The van der Waals surface area contributed by atoms with Gasteiger partial charge in [0.05, 0.1) is 24.0 Å². The van der Waals surface area contributed by atoms with Crippen LogP contribution in [0.3, 0.4) is 0 Å². The molecule has 0 radical (unpaired) electrons. The van der Waals surface area contributed by atoms with Crippen molar-refractivity contribution in [3.8, 4) is 0 Å². The Morgan fingerprint density at radius 2 is 1.64 bits per heavy atom. The first-order valence-electron chi connectivity index (χ1n) is 14.2. The van der Waals surface area contributed by atoms with Gasteiger partial charge in [-0.05, 0) is 72.7 Å². The maximum absolute atomic E-state index is 13.7. The van der Waals surface area contributed by atoms with Gasteiger partial charge in [-0.2, -0.15) is 23.1 Å². The van der Waals surface area contributed by atoms with Gasteiger partial charge in [-0.15, -0.1) is 0 Å². The number of anilines is 1. The van der Waals surface area contributed by atoms with E-state index in [2.05, 4.69) is 21.3 Å². The Labute approximate surface area is 268 Å². The van der Waals surface area contributed by atoms with E-state index in [0.717, 1.165) is 27.4 Å². The van der Waals surface area contributed by atoms with Gasteiger partial charge in [0.1, 0.15) is 0 Å². The molecule has 3 aromatic rings. The third-order valence-corrected chi connectivity index (χ3v) is 9.54. The molecular formula is C31H41N5O5S3. The Balaban J connectivity index is 1.86. The summed E-state index contributed by atoms with van der Waals surface area (Å²) in [4.78, 5) is 39.5. The van der Waals surface area contributed by atoms with Crippen LogP contribution < -0.4 is 25.6 Å². The zero-order valence-electron chi connectivity index (χ0n) is 25.6. The lowest BCUT2D eigenvalue weighted by molar-refractivity contribution is -0.122. The molecule has 1 heterocycles. The Morgan fingerprint density at radius 1 is 0.977 bits per heavy atom. The van der Waals surface area contributed by atoms with Crippen LogP contribution >= 0.6 is 23.1 Å². The van der Waals surface area contributed by atoms with Crippen LogP contribution in [0.4, 0.5) is 5.69 Å². The van der Waals surface area contributed by atoms with Gasteiger partial charge in [0.2, 0.25) is 15.9 Å². The van der Waals surface area contributed by atoms with E-state index in [0.29, 0.717) is 19.5 Å². The minimum Gasteiger partial charge on any atom is -0.354 e. The maximum Gasteiger partial charge on any atom is 0.251 e. The van der Waals surface area contributed by atoms with Crippen molar-refractivity contribution in [2.24, 2.45) is 0 Å². The number of sulfonamides is 1. The normalized spacial score (nSPS) is 13.4. The fourth-order valence-electron chi connectivity index (χ4n) is 4.31. The van der Waals surface area contributed by atoms with E-state index in [9.17, 15) is 22.8 Å². The van der Waals surface area contributed by atoms with Gasteiger partial charge >= 0.3 is 0 Å². The largest absolute Gasteiger partial charge is 0.354 e. The minimum atomic E-state index is -3.68. The molecule has 13 heteroatoms. The molecule has 0 aliphatic heterocycles. The quantitative estimate of drug-likeness (QED) is 0.173. The summed E-state index contributed by atoms with van der Waals surface area (Å²) in [6, 6.07) is 14.7. The molecule has 44 heavy (non-hydrogen) atoms. The van der Waals surface area contributed by atoms with Crippen molar-refractivity contribution < 1.29 is 22.8 Å². The third-order valence-electron chi connectivity index (χ3n) is 7.02. The molecule has 0 spiro atoms. The number of rotatable bonds is 16. The molecule has 3 atom stereocenters. The Bertz CT molecular complexity index is 1500. The monoisotopic (exact) mass is 659 g/mol. The van der Waals surface area contributed by atoms with Crippen LogP contribution in [-0.4, -0.2) is 76.6 Å². The number of carbonyl (C=O) groups excluding carboxylic acids is 3. The molecule has 0 bridgehead atoms. The first-order chi connectivity index (χ1) is 20.9. The standard InChI is InChI=1S/C31H41N5O5S3/c1-21(24-11-13-43-20-24)34-30(38)25-16-26(18-28(17-25)36(3)44(5,40)41)31(39)35-27(15-23-9-7-6-8-10-23)19-33-22(2)29(37)32-12-14-42-4/h6-11,13,16-18,20-22,27,33H,12,14-15,19H2,1-5H3,(H,32,37)(H,34,38)(H,35,39)/t21?,22-,27-/m0/s1. The minimum absolute atomic E-state index is 0.132. The number of hydrogen-bond acceptors (Lipinski definition) is 8. The number of benzene rings is 2. The molecular weight excluding hydrogens is 619 g/mol. The average molecular weight is 660 g/mol. The number of amides is 3. The van der Waals surface area contributed by atoms with Crippen LogP contribution in [0.1, 0.15) is 51.7 Å². The van der Waals surface area contributed by atoms with E-state index in [-0.39, 0.29) is 28.8 Å². The molecule has 3 amide bonds. The number of thioether (sulfide) groups is 1. The van der Waals surface area contributed by atoms with Crippen LogP contribution in [-0.2, 0) is 21.2 Å². The molecule has 1 aromatic heterocycles. The van der Waals surface area contributed by atoms with Gasteiger partial charge in [-0.3, -0.25) is 18.7 Å². The predicted octanol–water partition coefficient (Wildman–Crippen LogP) is 3.43. The van der Waals surface area contributed by atoms with E-state index in [1.165, 1.54) is 36.6 Å². The second-order valence-corrected chi connectivity index (χ2v) is 14.3. The average Bonchev–Trinajstić information content (AvgIpc) is 3.54. The van der Waals surface area contributed by atoms with E-state index in [1.807, 2.05) is 60.3 Å². The predicted molar refractivity (Wildman–Crippen MR) is 180 cm³/mol.